The second-order valence-electron chi connectivity index (χ2n) is 6.14. The summed E-state index contributed by atoms with van der Waals surface area (Å²) in [6.45, 7) is 2.38. The van der Waals surface area contributed by atoms with E-state index in [1.54, 1.807) is 12.3 Å². The van der Waals surface area contributed by atoms with Gasteiger partial charge in [-0.3, -0.25) is 0 Å². The summed E-state index contributed by atoms with van der Waals surface area (Å²) in [4.78, 5) is 8.56. The Bertz CT molecular complexity index is 784. The molecule has 1 fully saturated rings. The monoisotopic (exact) mass is 551 g/mol. The van der Waals surface area contributed by atoms with E-state index in [4.69, 9.17) is 4.74 Å². The van der Waals surface area contributed by atoms with Gasteiger partial charge in [-0.25, -0.2) is 18.4 Å². The number of ether oxygens (including phenoxy) is 1. The number of methoxy groups -OCH3 is 1. The lowest BCUT2D eigenvalue weighted by Gasteiger charge is -2.32. The van der Waals surface area contributed by atoms with Gasteiger partial charge in [0.25, 0.3) is 0 Å². The highest BCUT2D eigenvalue weighted by molar-refractivity contribution is 14.0. The number of hydrogen-bond donors (Lipinski definition) is 2. The molecule has 2 N–H and O–H groups in total. The van der Waals surface area contributed by atoms with Gasteiger partial charge in [0.2, 0.25) is 5.88 Å². The molecule has 8 nitrogen and oxygen atoms in total. The molecule has 2 heterocycles. The van der Waals surface area contributed by atoms with Crippen molar-refractivity contribution in [2.75, 3.05) is 26.7 Å². The number of pyridine rings is 1. The maximum absolute atomic E-state index is 12.7. The fourth-order valence-corrected chi connectivity index (χ4v) is 3.78. The number of hydrogen-bond acceptors (Lipinski definition) is 5. The van der Waals surface area contributed by atoms with Crippen molar-refractivity contribution in [2.24, 2.45) is 4.99 Å². The van der Waals surface area contributed by atoms with E-state index in [-0.39, 0.29) is 55.9 Å². The van der Waals surface area contributed by atoms with Gasteiger partial charge < -0.3 is 15.4 Å². The van der Waals surface area contributed by atoms with Crippen molar-refractivity contribution in [2.45, 2.75) is 37.9 Å². The Hall–Kier alpha value is -1.35. The molecule has 0 atom stereocenters. The summed E-state index contributed by atoms with van der Waals surface area (Å²) in [5, 5.41) is 6.22. The number of aliphatic imine (C=N–C) groups is 1. The fraction of sp³-hybridized carbons (Fsp3) is 0.625. The van der Waals surface area contributed by atoms with Crippen LogP contribution in [0.1, 0.15) is 25.3 Å². The van der Waals surface area contributed by atoms with E-state index in [0.717, 1.165) is 5.56 Å². The molecule has 0 bridgehead atoms. The Balaban J connectivity index is 0.00000420. The largest absolute Gasteiger partial charge is 0.511 e. The van der Waals surface area contributed by atoms with Gasteiger partial charge in [-0.05, 0) is 25.8 Å². The number of sulfonamides is 1. The highest BCUT2D eigenvalue weighted by atomic mass is 127. The normalized spacial score (nSPS) is 16.8. The predicted octanol–water partition coefficient (Wildman–Crippen LogP) is 2.08. The average Bonchev–Trinajstić information content (AvgIpc) is 2.66. The molecular weight excluding hydrogens is 526 g/mol. The number of guanidine groups is 1. The Morgan fingerprint density at radius 1 is 1.38 bits per heavy atom. The maximum Gasteiger partial charge on any atom is 0.511 e. The first kappa shape index (κ1) is 25.7. The van der Waals surface area contributed by atoms with Crippen molar-refractivity contribution in [3.8, 4) is 5.88 Å². The molecule has 1 aromatic heterocycles. The number of nitrogens with zero attached hydrogens (tertiary/aromatic N) is 3. The molecule has 1 saturated heterocycles. The number of alkyl halides is 3. The van der Waals surface area contributed by atoms with E-state index in [0.29, 0.717) is 29.2 Å². The standard InChI is InChI=1S/C16H24F3N5O3S.HI/c1-3-20-15(22-11-12-5-4-8-21-14(12)27-2)23-13-6-9-24(10-7-13)28(25,26)16(17,18)19;/h4-5,8,13H,3,6-7,9-11H2,1-2H3,(H2,20,22,23);1H. The number of nitrogens with one attached hydrogen (secondary N) is 2. The third kappa shape index (κ3) is 6.84. The van der Waals surface area contributed by atoms with Crippen molar-refractivity contribution in [3.63, 3.8) is 0 Å². The second kappa shape index (κ2) is 11.2. The summed E-state index contributed by atoms with van der Waals surface area (Å²) in [5.74, 6) is 0.957. The number of halogens is 4. The summed E-state index contributed by atoms with van der Waals surface area (Å²) in [6.07, 6.45) is 2.10. The van der Waals surface area contributed by atoms with Gasteiger partial charge in [0, 0.05) is 37.4 Å². The molecule has 0 aromatic carbocycles. The smallest absolute Gasteiger partial charge is 0.481 e. The van der Waals surface area contributed by atoms with Gasteiger partial charge in [0.15, 0.2) is 5.96 Å². The zero-order valence-electron chi connectivity index (χ0n) is 16.1. The summed E-state index contributed by atoms with van der Waals surface area (Å²) in [6, 6.07) is 3.41. The maximum atomic E-state index is 12.7. The molecule has 0 radical (unpaired) electrons. The van der Waals surface area contributed by atoms with Crippen molar-refractivity contribution < 1.29 is 26.3 Å². The third-order valence-corrected chi connectivity index (χ3v) is 5.85. The molecule has 0 amide bonds. The van der Waals surface area contributed by atoms with Gasteiger partial charge >= 0.3 is 15.5 Å². The quantitative estimate of drug-likeness (QED) is 0.320. The number of rotatable bonds is 6. The van der Waals surface area contributed by atoms with Crippen LogP contribution in [0.15, 0.2) is 23.3 Å². The first-order chi connectivity index (χ1) is 13.2. The van der Waals surface area contributed by atoms with E-state index in [1.165, 1.54) is 7.11 Å². The molecule has 0 spiro atoms. The molecule has 0 unspecified atom stereocenters. The molecule has 29 heavy (non-hydrogen) atoms. The molecule has 2 rings (SSSR count). The number of aromatic nitrogens is 1. The average molecular weight is 551 g/mol. The van der Waals surface area contributed by atoms with Crippen LogP contribution in [0.25, 0.3) is 0 Å². The Kier molecular flexibility index (Phi) is 9.88. The molecule has 1 aromatic rings. The van der Waals surface area contributed by atoms with E-state index in [1.807, 2.05) is 13.0 Å². The van der Waals surface area contributed by atoms with E-state index in [2.05, 4.69) is 20.6 Å². The summed E-state index contributed by atoms with van der Waals surface area (Å²) in [5.41, 5.74) is -4.49. The van der Waals surface area contributed by atoms with Crippen molar-refractivity contribution in [1.29, 1.82) is 0 Å². The lowest BCUT2D eigenvalue weighted by Crippen LogP contribution is -2.51. The van der Waals surface area contributed by atoms with Gasteiger partial charge in [-0.2, -0.15) is 17.5 Å². The van der Waals surface area contributed by atoms with Crippen LogP contribution in [0.3, 0.4) is 0 Å². The van der Waals surface area contributed by atoms with Crippen LogP contribution in [0.5, 0.6) is 5.88 Å². The Labute approximate surface area is 185 Å². The summed E-state index contributed by atoms with van der Waals surface area (Å²) >= 11 is 0. The predicted molar refractivity (Wildman–Crippen MR) is 114 cm³/mol. The Morgan fingerprint density at radius 2 is 2.03 bits per heavy atom. The molecule has 166 valence electrons. The minimum absolute atomic E-state index is 0. The SMILES string of the molecule is CCNC(=NCc1cccnc1OC)NC1CCN(S(=O)(=O)C(F)(F)F)CC1.I. The molecule has 0 saturated carbocycles. The van der Waals surface area contributed by atoms with Crippen LogP contribution in [-0.4, -0.2) is 62.0 Å². The first-order valence-corrected chi connectivity index (χ1v) is 10.2. The van der Waals surface area contributed by atoms with E-state index >= 15 is 0 Å². The highest BCUT2D eigenvalue weighted by Gasteiger charge is 2.50. The zero-order chi connectivity index (χ0) is 20.8. The molecule has 1 aliphatic heterocycles. The number of piperidine rings is 1. The molecule has 13 heteroatoms. The Morgan fingerprint density at radius 3 is 2.59 bits per heavy atom. The van der Waals surface area contributed by atoms with Crippen molar-refractivity contribution >= 4 is 40.0 Å². The molecular formula is C16H25F3IN5O3S. The molecule has 1 aliphatic rings. The van der Waals surface area contributed by atoms with E-state index < -0.39 is 15.5 Å². The van der Waals surface area contributed by atoms with Crippen molar-refractivity contribution in [3.05, 3.63) is 23.9 Å². The van der Waals surface area contributed by atoms with Crippen molar-refractivity contribution in [1.82, 2.24) is 19.9 Å². The minimum Gasteiger partial charge on any atom is -0.481 e. The van der Waals surface area contributed by atoms with Gasteiger partial charge in [0.1, 0.15) is 0 Å². The second-order valence-corrected chi connectivity index (χ2v) is 8.06. The zero-order valence-corrected chi connectivity index (χ0v) is 19.2. The van der Waals surface area contributed by atoms with Gasteiger partial charge in [-0.1, -0.05) is 6.07 Å². The van der Waals surface area contributed by atoms with Crippen LogP contribution in [0, 0.1) is 0 Å². The topological polar surface area (TPSA) is 95.9 Å². The summed E-state index contributed by atoms with van der Waals surface area (Å²) in [7, 11) is -3.76. The van der Waals surface area contributed by atoms with Crippen LogP contribution >= 0.6 is 24.0 Å². The van der Waals surface area contributed by atoms with Crippen LogP contribution in [0.4, 0.5) is 13.2 Å². The summed E-state index contributed by atoms with van der Waals surface area (Å²) < 4.78 is 66.6. The lowest BCUT2D eigenvalue weighted by molar-refractivity contribution is -0.0494. The first-order valence-electron chi connectivity index (χ1n) is 8.78. The van der Waals surface area contributed by atoms with Crippen LogP contribution < -0.4 is 15.4 Å². The fourth-order valence-electron chi connectivity index (χ4n) is 2.79. The lowest BCUT2D eigenvalue weighted by atomic mass is 10.1. The molecule has 0 aliphatic carbocycles. The van der Waals surface area contributed by atoms with Crippen LogP contribution in [-0.2, 0) is 16.6 Å². The minimum atomic E-state index is -5.28. The van der Waals surface area contributed by atoms with Crippen LogP contribution in [0.2, 0.25) is 0 Å². The third-order valence-electron chi connectivity index (χ3n) is 4.22. The van der Waals surface area contributed by atoms with Gasteiger partial charge in [-0.15, -0.1) is 24.0 Å². The van der Waals surface area contributed by atoms with E-state index in [9.17, 15) is 21.6 Å². The van der Waals surface area contributed by atoms with Gasteiger partial charge in [0.05, 0.1) is 13.7 Å². The highest BCUT2D eigenvalue weighted by Crippen LogP contribution is 2.28.